The highest BCUT2D eigenvalue weighted by molar-refractivity contribution is 6.36. The molecule has 0 fully saturated rings. The summed E-state index contributed by atoms with van der Waals surface area (Å²) >= 11 is 13.0. The van der Waals surface area contributed by atoms with Gasteiger partial charge >= 0.3 is 0 Å². The first-order valence-electron chi connectivity index (χ1n) is 13.0. The van der Waals surface area contributed by atoms with E-state index in [2.05, 4.69) is 19.2 Å². The van der Waals surface area contributed by atoms with Gasteiger partial charge in [0.25, 0.3) is 5.91 Å². The van der Waals surface area contributed by atoms with Crippen LogP contribution in [0, 0.1) is 0 Å². The number of carbonyl (C=O) groups excluding carboxylic acids is 2. The van der Waals surface area contributed by atoms with Gasteiger partial charge in [-0.25, -0.2) is 0 Å². The fraction of sp³-hybridized carbons (Fsp3) is 0.355. The summed E-state index contributed by atoms with van der Waals surface area (Å²) in [5.41, 5.74) is 2.70. The summed E-state index contributed by atoms with van der Waals surface area (Å²) in [6.45, 7) is 8.02. The first-order valence-corrected chi connectivity index (χ1v) is 13.7. The Hall–Kier alpha value is -3.02. The topological polar surface area (TPSA) is 58.6 Å². The molecule has 0 aliphatic carbocycles. The van der Waals surface area contributed by atoms with Crippen LogP contribution < -0.4 is 10.1 Å². The van der Waals surface area contributed by atoms with Crippen LogP contribution in [0.2, 0.25) is 10.0 Å². The fourth-order valence-corrected chi connectivity index (χ4v) is 4.54. The van der Waals surface area contributed by atoms with Crippen LogP contribution in [0.3, 0.4) is 0 Å². The molecule has 0 saturated heterocycles. The van der Waals surface area contributed by atoms with E-state index in [1.165, 1.54) is 10.5 Å². The van der Waals surface area contributed by atoms with E-state index in [9.17, 15) is 9.59 Å². The van der Waals surface area contributed by atoms with Crippen molar-refractivity contribution in [2.24, 2.45) is 0 Å². The molecule has 0 aliphatic rings. The van der Waals surface area contributed by atoms with Crippen LogP contribution in [-0.2, 0) is 22.6 Å². The van der Waals surface area contributed by atoms with Crippen LogP contribution in [0.25, 0.3) is 0 Å². The monoisotopic (exact) mass is 554 g/mol. The van der Waals surface area contributed by atoms with Gasteiger partial charge in [0, 0.05) is 34.6 Å². The average Bonchev–Trinajstić information content (AvgIpc) is 2.91. The molecule has 0 radical (unpaired) electrons. The van der Waals surface area contributed by atoms with Crippen LogP contribution in [0.1, 0.15) is 56.7 Å². The number of hydrogen-bond acceptors (Lipinski definition) is 3. The Bertz CT molecular complexity index is 1180. The molecular weight excluding hydrogens is 519 g/mol. The summed E-state index contributed by atoms with van der Waals surface area (Å²) in [6, 6.07) is 21.7. The molecule has 0 aliphatic heterocycles. The van der Waals surface area contributed by atoms with Crippen molar-refractivity contribution in [2.45, 2.75) is 65.1 Å². The predicted molar refractivity (Wildman–Crippen MR) is 155 cm³/mol. The molecule has 3 rings (SSSR count). The Balaban J connectivity index is 1.93. The van der Waals surface area contributed by atoms with Gasteiger partial charge in [0.15, 0.2) is 6.61 Å². The summed E-state index contributed by atoms with van der Waals surface area (Å²) < 4.78 is 5.88. The maximum Gasteiger partial charge on any atom is 0.261 e. The van der Waals surface area contributed by atoms with Crippen molar-refractivity contribution in [2.75, 3.05) is 6.61 Å². The highest BCUT2D eigenvalue weighted by Crippen LogP contribution is 2.27. The Labute approximate surface area is 236 Å². The zero-order valence-corrected chi connectivity index (χ0v) is 23.9. The summed E-state index contributed by atoms with van der Waals surface area (Å²) in [7, 11) is 0. The van der Waals surface area contributed by atoms with Gasteiger partial charge < -0.3 is 15.0 Å². The van der Waals surface area contributed by atoms with Gasteiger partial charge in [-0.3, -0.25) is 9.59 Å². The molecule has 202 valence electrons. The molecule has 0 heterocycles. The number of benzene rings is 3. The van der Waals surface area contributed by atoms with Gasteiger partial charge in [-0.15, -0.1) is 0 Å². The Morgan fingerprint density at radius 1 is 0.895 bits per heavy atom. The summed E-state index contributed by atoms with van der Waals surface area (Å²) in [6.07, 6.45) is 1.10. The largest absolute Gasteiger partial charge is 0.484 e. The third-order valence-electron chi connectivity index (χ3n) is 6.57. The van der Waals surface area contributed by atoms with Gasteiger partial charge in [-0.2, -0.15) is 0 Å². The first-order chi connectivity index (χ1) is 18.2. The van der Waals surface area contributed by atoms with Crippen LogP contribution in [-0.4, -0.2) is 35.4 Å². The SMILES string of the molecule is CC[C@@H](C)NC(=O)[C@H](Cc1ccccc1)N(Cc1c(Cl)cccc1Cl)C(=O)COc1ccc(C(C)C)cc1. The van der Waals surface area contributed by atoms with E-state index in [1.54, 1.807) is 18.2 Å². The normalized spacial score (nSPS) is 12.6. The van der Waals surface area contributed by atoms with Gasteiger partial charge in [0.2, 0.25) is 5.91 Å². The Morgan fingerprint density at radius 2 is 1.53 bits per heavy atom. The standard InChI is InChI=1S/C31H36Cl2N2O3/c1-5-22(4)34-31(37)29(18-23-10-7-6-8-11-23)35(19-26-27(32)12-9-13-28(26)33)30(36)20-38-25-16-14-24(15-17-25)21(2)3/h6-17,21-22,29H,5,18-20H2,1-4H3,(H,34,37)/t22-,29+/m1/s1. The molecule has 2 amide bonds. The van der Waals surface area contributed by atoms with E-state index in [0.717, 1.165) is 12.0 Å². The van der Waals surface area contributed by atoms with E-state index < -0.39 is 6.04 Å². The molecule has 38 heavy (non-hydrogen) atoms. The summed E-state index contributed by atoms with van der Waals surface area (Å²) in [5, 5.41) is 3.91. The lowest BCUT2D eigenvalue weighted by Crippen LogP contribution is -2.53. The highest BCUT2D eigenvalue weighted by atomic mass is 35.5. The van der Waals surface area contributed by atoms with Gasteiger partial charge in [-0.05, 0) is 54.7 Å². The third kappa shape index (κ3) is 8.24. The smallest absolute Gasteiger partial charge is 0.261 e. The fourth-order valence-electron chi connectivity index (χ4n) is 4.03. The number of carbonyl (C=O) groups is 2. The Morgan fingerprint density at radius 3 is 2.11 bits per heavy atom. The summed E-state index contributed by atoms with van der Waals surface area (Å²) in [4.78, 5) is 28.9. The highest BCUT2D eigenvalue weighted by Gasteiger charge is 2.32. The molecule has 2 atom stereocenters. The van der Waals surface area contributed by atoms with Crippen molar-refractivity contribution in [1.82, 2.24) is 10.2 Å². The van der Waals surface area contributed by atoms with Crippen molar-refractivity contribution in [3.8, 4) is 5.75 Å². The van der Waals surface area contributed by atoms with Crippen LogP contribution in [0.15, 0.2) is 72.8 Å². The maximum atomic E-state index is 13.7. The number of nitrogens with zero attached hydrogens (tertiary/aromatic N) is 1. The van der Waals surface area contributed by atoms with Gasteiger partial charge in [0.1, 0.15) is 11.8 Å². The third-order valence-corrected chi connectivity index (χ3v) is 7.28. The van der Waals surface area contributed by atoms with Gasteiger partial charge in [-0.1, -0.05) is 92.5 Å². The second-order valence-corrected chi connectivity index (χ2v) is 10.6. The number of ether oxygens (including phenoxy) is 1. The number of hydrogen-bond donors (Lipinski definition) is 1. The second-order valence-electron chi connectivity index (χ2n) is 9.76. The molecule has 0 spiro atoms. The van der Waals surface area contributed by atoms with Crippen molar-refractivity contribution in [3.63, 3.8) is 0 Å². The number of amides is 2. The lowest BCUT2D eigenvalue weighted by atomic mass is 10.0. The molecule has 0 bridgehead atoms. The molecule has 0 saturated carbocycles. The molecule has 5 nitrogen and oxygen atoms in total. The number of nitrogens with one attached hydrogen (secondary N) is 1. The lowest BCUT2D eigenvalue weighted by molar-refractivity contribution is -0.143. The molecule has 1 N–H and O–H groups in total. The van der Waals surface area contributed by atoms with Crippen molar-refractivity contribution in [1.29, 1.82) is 0 Å². The lowest BCUT2D eigenvalue weighted by Gasteiger charge is -2.32. The Kier molecular flexibility index (Phi) is 11.1. The van der Waals surface area contributed by atoms with E-state index >= 15 is 0 Å². The van der Waals surface area contributed by atoms with E-state index in [4.69, 9.17) is 27.9 Å². The zero-order chi connectivity index (χ0) is 27.7. The molecule has 0 aromatic heterocycles. The van der Waals surface area contributed by atoms with Gasteiger partial charge in [0.05, 0.1) is 0 Å². The molecular formula is C31H36Cl2N2O3. The minimum atomic E-state index is -0.793. The summed E-state index contributed by atoms with van der Waals surface area (Å²) in [5.74, 6) is 0.404. The average molecular weight is 556 g/mol. The van der Waals surface area contributed by atoms with E-state index in [0.29, 0.717) is 33.7 Å². The molecule has 0 unspecified atom stereocenters. The van der Waals surface area contributed by atoms with Crippen molar-refractivity contribution < 1.29 is 14.3 Å². The maximum absolute atomic E-state index is 13.7. The van der Waals surface area contributed by atoms with Crippen LogP contribution in [0.5, 0.6) is 5.75 Å². The molecule has 3 aromatic carbocycles. The molecule has 7 heteroatoms. The second kappa shape index (κ2) is 14.2. The number of halogens is 2. The quantitative estimate of drug-likeness (QED) is 0.261. The van der Waals surface area contributed by atoms with Crippen molar-refractivity contribution >= 4 is 35.0 Å². The van der Waals surface area contributed by atoms with Crippen LogP contribution >= 0.6 is 23.2 Å². The zero-order valence-electron chi connectivity index (χ0n) is 22.4. The number of rotatable bonds is 12. The van der Waals surface area contributed by atoms with E-state index in [1.807, 2.05) is 68.4 Å². The minimum absolute atomic E-state index is 0.0441. The van der Waals surface area contributed by atoms with Crippen molar-refractivity contribution in [3.05, 3.63) is 99.5 Å². The van der Waals surface area contributed by atoms with Crippen LogP contribution in [0.4, 0.5) is 0 Å². The van der Waals surface area contributed by atoms with E-state index in [-0.39, 0.29) is 31.0 Å². The predicted octanol–water partition coefficient (Wildman–Crippen LogP) is 7.05. The first kappa shape index (κ1) is 29.5. The minimum Gasteiger partial charge on any atom is -0.484 e. The molecule has 3 aromatic rings.